The topological polar surface area (TPSA) is 0 Å². The third-order valence-corrected chi connectivity index (χ3v) is 4.47. The van der Waals surface area contributed by atoms with E-state index in [-0.39, 0.29) is 64.8 Å². The molecule has 2 aliphatic carbocycles. The molecule has 0 N–H and O–H groups in total. The van der Waals surface area contributed by atoms with Gasteiger partial charge in [0.25, 0.3) is 0 Å². The number of rotatable bonds is 0. The molecular weight excluding hydrogens is 519 g/mol. The summed E-state index contributed by atoms with van der Waals surface area (Å²) in [6.07, 6.45) is 6.72. The van der Waals surface area contributed by atoms with Gasteiger partial charge in [0.1, 0.15) is 0 Å². The Morgan fingerprint density at radius 2 is 0.857 bits per heavy atom. The van der Waals surface area contributed by atoms with E-state index in [4.69, 9.17) is 0 Å². The molecule has 0 aromatic rings. The van der Waals surface area contributed by atoms with Crippen LogP contribution in [-0.2, 0) is 0 Å². The smallest absolute Gasteiger partial charge is 0.266 e. The second kappa shape index (κ2) is 11.4. The largest absolute Gasteiger partial charge is 2.00 e. The van der Waals surface area contributed by atoms with Gasteiger partial charge in [-0.15, -0.1) is 38.7 Å². The Morgan fingerprint density at radius 3 is 0.905 bits per heavy atom. The van der Waals surface area contributed by atoms with Gasteiger partial charge in [-0.25, -0.2) is 11.1 Å². The van der Waals surface area contributed by atoms with Gasteiger partial charge in [0.2, 0.25) is 0 Å². The molecule has 0 saturated carbocycles. The maximum absolute atomic E-state index is 3.36. The average Bonchev–Trinajstić information content (AvgIpc) is 2.66. The number of hydrogen-bond acceptors (Lipinski definition) is 0. The summed E-state index contributed by atoms with van der Waals surface area (Å²) in [6, 6.07) is 0. The van der Waals surface area contributed by atoms with Gasteiger partial charge in [-0.2, -0.15) is 22.3 Å². The molecule has 0 radical (unpaired) electrons. The molecule has 0 spiro atoms. The molecular formula is C18H28Cl2Th. The molecule has 2 atom stereocenters. The van der Waals surface area contributed by atoms with Crippen LogP contribution in [0.4, 0.5) is 0 Å². The van der Waals surface area contributed by atoms with Crippen LogP contribution in [0.15, 0.2) is 33.4 Å². The molecule has 0 aromatic carbocycles. The zero-order valence-corrected chi connectivity index (χ0v) is 20.2. The van der Waals surface area contributed by atoms with E-state index in [1.165, 1.54) is 33.4 Å². The number of hydrogen-bond donors (Lipinski definition) is 0. The summed E-state index contributed by atoms with van der Waals surface area (Å²) in [4.78, 5) is 0. The average molecular weight is 547 g/mol. The van der Waals surface area contributed by atoms with Crippen molar-refractivity contribution >= 4 is 24.8 Å². The molecule has 3 heteroatoms. The fourth-order valence-electron chi connectivity index (χ4n) is 2.32. The van der Waals surface area contributed by atoms with Crippen molar-refractivity contribution in [1.29, 1.82) is 0 Å². The number of halogens is 2. The van der Waals surface area contributed by atoms with Gasteiger partial charge in [-0.1, -0.05) is 53.4 Å². The zero-order chi connectivity index (χ0) is 14.0. The van der Waals surface area contributed by atoms with Crippen LogP contribution in [0.25, 0.3) is 0 Å². The molecule has 0 aliphatic heterocycles. The quantitative estimate of drug-likeness (QED) is 0.313. The predicted molar refractivity (Wildman–Crippen MR) is 94.4 cm³/mol. The second-order valence-electron chi connectivity index (χ2n) is 5.60. The van der Waals surface area contributed by atoms with E-state index < -0.39 is 0 Å². The second-order valence-corrected chi connectivity index (χ2v) is 5.60. The summed E-state index contributed by atoms with van der Waals surface area (Å²) in [5.74, 6) is 1.12. The monoisotopic (exact) mass is 546 g/mol. The predicted octanol–water partition coefficient (Wildman–Crippen LogP) is 6.29. The van der Waals surface area contributed by atoms with Crippen LogP contribution in [0.1, 0.15) is 55.4 Å². The molecule has 0 fully saturated rings. The zero-order valence-electron chi connectivity index (χ0n) is 14.5. The molecule has 2 rings (SSSR count). The van der Waals surface area contributed by atoms with Crippen LogP contribution in [0.2, 0.25) is 0 Å². The molecule has 0 saturated heterocycles. The summed E-state index contributed by atoms with van der Waals surface area (Å²) < 4.78 is 0. The van der Waals surface area contributed by atoms with Crippen molar-refractivity contribution in [3.63, 3.8) is 0 Å². The van der Waals surface area contributed by atoms with Crippen LogP contribution in [0.3, 0.4) is 0 Å². The van der Waals surface area contributed by atoms with Crippen molar-refractivity contribution in [1.82, 2.24) is 0 Å². The third kappa shape index (κ3) is 6.87. The van der Waals surface area contributed by atoms with Crippen molar-refractivity contribution in [3.8, 4) is 0 Å². The van der Waals surface area contributed by atoms with Gasteiger partial charge in [0.15, 0.2) is 0 Å². The standard InChI is InChI=1S/2C9H13.2ClH.Th/c2*1-6-5-7(2)9(4)8(6)3;;;/h2*6H,1-4H3;2*1H;/q2*-1;;;+2. The summed E-state index contributed by atoms with van der Waals surface area (Å²) in [6.45, 7) is 17.3. The molecule has 118 valence electrons. The Hall–Kier alpha value is 0.865. The first-order chi connectivity index (χ1) is 8.25. The van der Waals surface area contributed by atoms with Gasteiger partial charge < -0.3 is 0 Å². The van der Waals surface area contributed by atoms with E-state index in [2.05, 4.69) is 67.5 Å². The van der Waals surface area contributed by atoms with E-state index in [9.17, 15) is 0 Å². The van der Waals surface area contributed by atoms with Crippen molar-refractivity contribution in [2.75, 3.05) is 0 Å². The minimum Gasteiger partial charge on any atom is -0.266 e. The van der Waals surface area contributed by atoms with Crippen LogP contribution in [-0.4, -0.2) is 0 Å². The van der Waals surface area contributed by atoms with Gasteiger partial charge in [-0.05, 0) is 0 Å². The van der Waals surface area contributed by atoms with Crippen molar-refractivity contribution in [2.24, 2.45) is 11.8 Å². The maximum atomic E-state index is 3.36. The van der Waals surface area contributed by atoms with E-state index in [0.717, 1.165) is 0 Å². The fourth-order valence-corrected chi connectivity index (χ4v) is 2.32. The van der Waals surface area contributed by atoms with Crippen LogP contribution >= 0.6 is 24.8 Å². The summed E-state index contributed by atoms with van der Waals surface area (Å²) in [7, 11) is 0. The maximum Gasteiger partial charge on any atom is 2.00 e. The van der Waals surface area contributed by atoms with E-state index in [1.807, 2.05) is 0 Å². The first-order valence-corrected chi connectivity index (χ1v) is 6.81. The summed E-state index contributed by atoms with van der Waals surface area (Å²) in [5, 5.41) is 0. The molecule has 0 amide bonds. The Bertz CT molecular complexity index is 424. The first kappa shape index (κ1) is 26.7. The fraction of sp³-hybridized carbons (Fsp3) is 0.556. The first-order valence-electron chi connectivity index (χ1n) is 6.81. The van der Waals surface area contributed by atoms with Crippen LogP contribution in [0.5, 0.6) is 0 Å². The Balaban J connectivity index is -0.000000270. The van der Waals surface area contributed by atoms with Crippen LogP contribution in [0, 0.1) is 63.9 Å². The number of allylic oxidation sites excluding steroid dienone is 8. The van der Waals surface area contributed by atoms with Crippen molar-refractivity contribution in [2.45, 2.75) is 55.4 Å². The van der Waals surface area contributed by atoms with Crippen LogP contribution < -0.4 is 0 Å². The Kier molecular flexibility index (Phi) is 14.5. The van der Waals surface area contributed by atoms with Gasteiger partial charge >= 0.3 is 39.9 Å². The SMILES string of the molecule is CC1=[C-]C(C)C(C)=C1C.CC1=[C-]C(C)C(C)=C1C.Cl.Cl.[Th+2]. The van der Waals surface area contributed by atoms with Gasteiger partial charge in [0.05, 0.1) is 0 Å². The molecule has 2 unspecified atom stereocenters. The van der Waals surface area contributed by atoms with Crippen molar-refractivity contribution in [3.05, 3.63) is 45.6 Å². The molecule has 0 heterocycles. The Morgan fingerprint density at radius 1 is 0.619 bits per heavy atom. The van der Waals surface area contributed by atoms with Crippen molar-refractivity contribution < 1.29 is 39.9 Å². The third-order valence-electron chi connectivity index (χ3n) is 4.47. The summed E-state index contributed by atoms with van der Waals surface area (Å²) in [5.41, 5.74) is 8.49. The molecule has 21 heavy (non-hydrogen) atoms. The normalized spacial score (nSPS) is 23.2. The molecule has 0 aromatic heterocycles. The van der Waals surface area contributed by atoms with E-state index >= 15 is 0 Å². The summed E-state index contributed by atoms with van der Waals surface area (Å²) >= 11 is 0. The minimum atomic E-state index is 0. The molecule has 2 aliphatic rings. The Labute approximate surface area is 176 Å². The van der Waals surface area contributed by atoms with E-state index in [0.29, 0.717) is 11.8 Å². The van der Waals surface area contributed by atoms with E-state index in [1.54, 1.807) is 0 Å². The molecule has 0 nitrogen and oxygen atoms in total. The van der Waals surface area contributed by atoms with Gasteiger partial charge in [0, 0.05) is 0 Å². The minimum absolute atomic E-state index is 0. The molecule has 0 bridgehead atoms. The van der Waals surface area contributed by atoms with Gasteiger partial charge in [-0.3, -0.25) is 12.2 Å².